The summed E-state index contributed by atoms with van der Waals surface area (Å²) in [7, 11) is 2.75. The molecule has 4 N–H and O–H groups in total. The van der Waals surface area contributed by atoms with Gasteiger partial charge in [-0.25, -0.2) is 9.18 Å². The number of rotatable bonds is 5. The predicted molar refractivity (Wildman–Crippen MR) is 161 cm³/mol. The normalized spacial score (nSPS) is 12.1. The van der Waals surface area contributed by atoms with Crippen LogP contribution < -0.4 is 27.9 Å². The Balaban J connectivity index is 1.74. The first-order chi connectivity index (χ1) is 19.0. The van der Waals surface area contributed by atoms with Crippen molar-refractivity contribution in [1.82, 2.24) is 14.1 Å². The molecule has 5 rings (SSSR count). The van der Waals surface area contributed by atoms with Crippen molar-refractivity contribution in [1.29, 1.82) is 0 Å². The van der Waals surface area contributed by atoms with Crippen molar-refractivity contribution >= 4 is 55.9 Å². The third kappa shape index (κ3) is 4.88. The van der Waals surface area contributed by atoms with Crippen molar-refractivity contribution < 1.29 is 4.39 Å². The monoisotopic (exact) mass is 643 g/mol. The van der Waals surface area contributed by atoms with Gasteiger partial charge in [-0.15, -0.1) is 0 Å². The van der Waals surface area contributed by atoms with Gasteiger partial charge in [-0.2, -0.15) is 0 Å². The molecule has 40 heavy (non-hydrogen) atoms. The van der Waals surface area contributed by atoms with E-state index < -0.39 is 28.8 Å². The summed E-state index contributed by atoms with van der Waals surface area (Å²) in [6, 6.07) is 16.2. The van der Waals surface area contributed by atoms with Crippen LogP contribution in [0.5, 0.6) is 0 Å². The number of nitrogens with one attached hydrogen (secondary N) is 2. The molecule has 0 saturated heterocycles. The van der Waals surface area contributed by atoms with Crippen molar-refractivity contribution in [3.63, 3.8) is 0 Å². The van der Waals surface area contributed by atoms with Gasteiger partial charge in [0.1, 0.15) is 17.6 Å². The molecule has 8 nitrogen and oxygen atoms in total. The fourth-order valence-corrected chi connectivity index (χ4v) is 5.50. The Morgan fingerprint density at radius 3 is 2.48 bits per heavy atom. The van der Waals surface area contributed by atoms with Crippen LogP contribution in [0, 0.1) is 5.82 Å². The number of hydrogen-bond donors (Lipinski definition) is 3. The number of fused-ring (bicyclic) bond motifs is 1. The molecule has 5 aromatic rings. The molecule has 1 unspecified atom stereocenters. The highest BCUT2D eigenvalue weighted by molar-refractivity contribution is 9.10. The molecule has 12 heteroatoms. The van der Waals surface area contributed by atoms with Gasteiger partial charge in [0, 0.05) is 51.0 Å². The van der Waals surface area contributed by atoms with E-state index in [-0.39, 0.29) is 27.7 Å². The van der Waals surface area contributed by atoms with Gasteiger partial charge in [0.15, 0.2) is 0 Å². The van der Waals surface area contributed by atoms with Gasteiger partial charge in [-0.1, -0.05) is 51.3 Å². The largest absolute Gasteiger partial charge is 0.366 e. The maximum Gasteiger partial charge on any atom is 0.332 e. The number of aryl methyl sites for hydroxylation is 1. The predicted octanol–water partition coefficient (Wildman–Crippen LogP) is 5.54. The van der Waals surface area contributed by atoms with Crippen molar-refractivity contribution in [2.75, 3.05) is 5.32 Å². The van der Waals surface area contributed by atoms with Crippen molar-refractivity contribution in [2.24, 2.45) is 19.8 Å². The van der Waals surface area contributed by atoms with E-state index in [1.807, 2.05) is 6.07 Å². The molecule has 2 aromatic heterocycles. The molecule has 0 bridgehead atoms. The van der Waals surface area contributed by atoms with Crippen LogP contribution >= 0.6 is 39.1 Å². The van der Waals surface area contributed by atoms with Crippen molar-refractivity contribution in [3.05, 3.63) is 118 Å². The van der Waals surface area contributed by atoms with Crippen LogP contribution in [0.2, 0.25) is 10.0 Å². The molecular weight excluding hydrogens is 624 g/mol. The minimum absolute atomic E-state index is 0.00205. The van der Waals surface area contributed by atoms with Crippen LogP contribution in [0.15, 0.2) is 79.5 Å². The Morgan fingerprint density at radius 1 is 0.975 bits per heavy atom. The fourth-order valence-electron chi connectivity index (χ4n) is 4.65. The van der Waals surface area contributed by atoms with Crippen LogP contribution in [-0.2, 0) is 14.1 Å². The zero-order valence-corrected chi connectivity index (χ0v) is 24.2. The molecule has 0 aliphatic heterocycles. The molecule has 2 heterocycles. The molecule has 0 saturated carbocycles. The number of benzene rings is 3. The Hall–Kier alpha value is -3.70. The number of nitrogens with two attached hydrogens (primary N) is 1. The minimum atomic E-state index is -1.16. The lowest BCUT2D eigenvalue weighted by Crippen LogP contribution is -2.39. The van der Waals surface area contributed by atoms with Gasteiger partial charge in [-0.3, -0.25) is 18.7 Å². The number of halogens is 4. The standard InChI is InChI=1S/C28H21BrCl2FN5O3/c1-36-25-23(27(39)37(2)28(36)40)21(18-12-15(32)7-8-19(18)29)22(26(38)35-25)24(33)34-16-5-3-4-13(10-16)17-11-14(30)6-9-20(17)31/h3-12,24,34H,33H2,1-2H3,(H,35,38). The average molecular weight is 645 g/mol. The van der Waals surface area contributed by atoms with E-state index in [0.717, 1.165) is 14.7 Å². The maximum absolute atomic E-state index is 14.5. The van der Waals surface area contributed by atoms with E-state index in [4.69, 9.17) is 28.9 Å². The summed E-state index contributed by atoms with van der Waals surface area (Å²) < 4.78 is 17.0. The fraction of sp³-hybridized carbons (Fsp3) is 0.107. The lowest BCUT2D eigenvalue weighted by Gasteiger charge is -2.21. The highest BCUT2D eigenvalue weighted by Gasteiger charge is 2.26. The lowest BCUT2D eigenvalue weighted by atomic mass is 9.96. The summed E-state index contributed by atoms with van der Waals surface area (Å²) in [6.45, 7) is 0. The van der Waals surface area contributed by atoms with E-state index in [0.29, 0.717) is 25.8 Å². The van der Waals surface area contributed by atoms with E-state index in [1.165, 1.54) is 32.3 Å². The third-order valence-electron chi connectivity index (χ3n) is 6.59. The molecule has 204 valence electrons. The van der Waals surface area contributed by atoms with E-state index in [9.17, 15) is 18.8 Å². The second-order valence-electron chi connectivity index (χ2n) is 9.12. The summed E-state index contributed by atoms with van der Waals surface area (Å²) in [5, 5.41) is 4.12. The van der Waals surface area contributed by atoms with Crippen LogP contribution in [0.25, 0.3) is 33.3 Å². The van der Waals surface area contributed by atoms with Gasteiger partial charge in [-0.05, 0) is 54.1 Å². The van der Waals surface area contributed by atoms with Crippen LogP contribution in [-0.4, -0.2) is 14.1 Å². The summed E-state index contributed by atoms with van der Waals surface area (Å²) >= 11 is 16.0. The highest BCUT2D eigenvalue weighted by atomic mass is 79.9. The number of pyridine rings is 1. The minimum Gasteiger partial charge on any atom is -0.366 e. The molecule has 0 aliphatic rings. The van der Waals surface area contributed by atoms with Gasteiger partial charge in [0.05, 0.1) is 10.9 Å². The molecule has 0 spiro atoms. The van der Waals surface area contributed by atoms with Crippen molar-refractivity contribution in [2.45, 2.75) is 6.17 Å². The zero-order chi connectivity index (χ0) is 28.9. The Kier molecular flexibility index (Phi) is 7.45. The van der Waals surface area contributed by atoms with Crippen molar-refractivity contribution in [3.8, 4) is 22.3 Å². The number of hydrogen-bond acceptors (Lipinski definition) is 5. The molecule has 0 fully saturated rings. The van der Waals surface area contributed by atoms with Gasteiger partial charge in [0.25, 0.3) is 11.1 Å². The summed E-state index contributed by atoms with van der Waals surface area (Å²) in [5.41, 5.74) is 6.87. The maximum atomic E-state index is 14.5. The Morgan fingerprint density at radius 2 is 1.73 bits per heavy atom. The smallest absolute Gasteiger partial charge is 0.332 e. The van der Waals surface area contributed by atoms with Gasteiger partial charge in [0.2, 0.25) is 0 Å². The molecular formula is C28H21BrCl2FN5O3. The SMILES string of the molecule is Cn1c(=O)c2c(-c3cc(F)ccc3Br)c(C(N)Nc3cccc(-c4cc(Cl)ccc4Cl)c3)c(=O)[nH]c2n(C)c1=O. The Bertz CT molecular complexity index is 2000. The highest BCUT2D eigenvalue weighted by Crippen LogP contribution is 2.36. The number of nitrogens with zero attached hydrogens (tertiary/aromatic N) is 2. The lowest BCUT2D eigenvalue weighted by molar-refractivity contribution is 0.628. The second-order valence-corrected chi connectivity index (χ2v) is 10.8. The quantitative estimate of drug-likeness (QED) is 0.218. The molecule has 1 atom stereocenters. The van der Waals surface area contributed by atoms with E-state index >= 15 is 0 Å². The number of H-pyrrole nitrogens is 1. The van der Waals surface area contributed by atoms with Gasteiger partial charge >= 0.3 is 5.69 Å². The first-order valence-corrected chi connectivity index (χ1v) is 13.4. The molecule has 0 aliphatic carbocycles. The number of aromatic nitrogens is 3. The average Bonchev–Trinajstić information content (AvgIpc) is 2.92. The van der Waals surface area contributed by atoms with Crippen LogP contribution in [0.1, 0.15) is 11.7 Å². The van der Waals surface area contributed by atoms with Crippen LogP contribution in [0.4, 0.5) is 10.1 Å². The van der Waals surface area contributed by atoms with E-state index in [1.54, 1.807) is 36.4 Å². The molecule has 0 radical (unpaired) electrons. The number of aromatic amines is 1. The first-order valence-electron chi connectivity index (χ1n) is 11.9. The summed E-state index contributed by atoms with van der Waals surface area (Å²) in [4.78, 5) is 42.2. The first kappa shape index (κ1) is 27.9. The Labute approximate surface area is 244 Å². The topological polar surface area (TPSA) is 115 Å². The molecule has 3 aromatic carbocycles. The zero-order valence-electron chi connectivity index (χ0n) is 21.1. The molecule has 0 amide bonds. The summed E-state index contributed by atoms with van der Waals surface area (Å²) in [5.74, 6) is -0.591. The van der Waals surface area contributed by atoms with E-state index in [2.05, 4.69) is 26.2 Å². The summed E-state index contributed by atoms with van der Waals surface area (Å²) in [6.07, 6.45) is -1.16. The second kappa shape index (κ2) is 10.7. The third-order valence-corrected chi connectivity index (χ3v) is 7.85. The van der Waals surface area contributed by atoms with Crippen LogP contribution in [0.3, 0.4) is 0 Å². The van der Waals surface area contributed by atoms with Gasteiger partial charge < -0.3 is 16.0 Å². The number of anilines is 1.